The average molecular weight is 186 g/mol. The molecule has 0 aromatic carbocycles. The largest absolute Gasteiger partial charge is 0.388 e. The molecule has 1 aromatic heterocycles. The molecule has 0 unspecified atom stereocenters. The lowest BCUT2D eigenvalue weighted by atomic mass is 10.1. The highest BCUT2D eigenvalue weighted by molar-refractivity contribution is 4.69. The Hall–Kier alpha value is -0.970. The molecule has 5 heteroatoms. The minimum Gasteiger partial charge on any atom is -0.388 e. The van der Waals surface area contributed by atoms with Crippen molar-refractivity contribution in [2.75, 3.05) is 0 Å². The van der Waals surface area contributed by atoms with Crippen LogP contribution in [-0.4, -0.2) is 30.9 Å². The summed E-state index contributed by atoms with van der Waals surface area (Å²) in [6.07, 6.45) is 0. The molecule has 5 nitrogen and oxygen atoms in total. The highest BCUT2D eigenvalue weighted by Crippen LogP contribution is 2.02. The first-order valence-corrected chi connectivity index (χ1v) is 4.44. The van der Waals surface area contributed by atoms with Crippen molar-refractivity contribution in [3.05, 3.63) is 5.82 Å². The standard InChI is InChI=1S/C6H12N4O.C2H6/c1-5-7-9-10(8-5)4-6(2,3)11;1-2/h11H,4H2,1-3H3;1-2H3. The van der Waals surface area contributed by atoms with Crippen molar-refractivity contribution in [3.63, 3.8) is 0 Å². The van der Waals surface area contributed by atoms with E-state index in [9.17, 15) is 5.11 Å². The lowest BCUT2D eigenvalue weighted by Gasteiger charge is -2.14. The Morgan fingerprint density at radius 3 is 2.23 bits per heavy atom. The van der Waals surface area contributed by atoms with Gasteiger partial charge in [0.05, 0.1) is 12.1 Å². The van der Waals surface area contributed by atoms with Crippen molar-refractivity contribution in [3.8, 4) is 0 Å². The topological polar surface area (TPSA) is 63.8 Å². The summed E-state index contributed by atoms with van der Waals surface area (Å²) in [6.45, 7) is 9.53. The second-order valence-corrected chi connectivity index (χ2v) is 3.18. The molecule has 1 aromatic rings. The minimum absolute atomic E-state index is 0.369. The van der Waals surface area contributed by atoms with E-state index in [2.05, 4.69) is 15.4 Å². The van der Waals surface area contributed by atoms with Crippen molar-refractivity contribution in [1.82, 2.24) is 20.2 Å². The summed E-state index contributed by atoms with van der Waals surface area (Å²) in [4.78, 5) is 1.38. The van der Waals surface area contributed by atoms with E-state index in [1.807, 2.05) is 13.8 Å². The van der Waals surface area contributed by atoms with Crippen LogP contribution >= 0.6 is 0 Å². The Kier molecular flexibility index (Phi) is 4.55. The molecule has 0 saturated carbocycles. The summed E-state index contributed by atoms with van der Waals surface area (Å²) in [5.74, 6) is 0.620. The van der Waals surface area contributed by atoms with E-state index in [4.69, 9.17) is 0 Å². The molecular weight excluding hydrogens is 168 g/mol. The van der Waals surface area contributed by atoms with Crippen LogP contribution in [0.4, 0.5) is 0 Å². The van der Waals surface area contributed by atoms with Gasteiger partial charge in [-0.1, -0.05) is 13.8 Å². The van der Waals surface area contributed by atoms with Gasteiger partial charge < -0.3 is 5.11 Å². The zero-order valence-corrected chi connectivity index (χ0v) is 8.94. The van der Waals surface area contributed by atoms with E-state index in [1.54, 1.807) is 20.8 Å². The summed E-state index contributed by atoms with van der Waals surface area (Å²) >= 11 is 0. The first-order valence-electron chi connectivity index (χ1n) is 4.44. The van der Waals surface area contributed by atoms with Gasteiger partial charge in [-0.2, -0.15) is 4.80 Å². The summed E-state index contributed by atoms with van der Waals surface area (Å²) in [5.41, 5.74) is -0.785. The number of tetrazole rings is 1. The fourth-order valence-electron chi connectivity index (χ4n) is 0.736. The molecule has 0 aliphatic heterocycles. The van der Waals surface area contributed by atoms with Crippen LogP contribution in [0.25, 0.3) is 0 Å². The van der Waals surface area contributed by atoms with Gasteiger partial charge in [0.25, 0.3) is 0 Å². The first-order chi connectivity index (χ1) is 5.97. The third kappa shape index (κ3) is 5.30. The molecule has 1 N–H and O–H groups in total. The Balaban J connectivity index is 0.000000671. The van der Waals surface area contributed by atoms with E-state index < -0.39 is 5.60 Å². The highest BCUT2D eigenvalue weighted by atomic mass is 16.3. The Morgan fingerprint density at radius 2 is 1.92 bits per heavy atom. The summed E-state index contributed by atoms with van der Waals surface area (Å²) < 4.78 is 0. The van der Waals surface area contributed by atoms with Crippen LogP contribution in [0.3, 0.4) is 0 Å². The molecule has 13 heavy (non-hydrogen) atoms. The quantitative estimate of drug-likeness (QED) is 0.741. The van der Waals surface area contributed by atoms with Gasteiger partial charge in [0.15, 0.2) is 5.82 Å². The number of rotatable bonds is 2. The van der Waals surface area contributed by atoms with Crippen LogP contribution in [0.5, 0.6) is 0 Å². The maximum absolute atomic E-state index is 9.35. The molecule has 0 bridgehead atoms. The second-order valence-electron chi connectivity index (χ2n) is 3.18. The highest BCUT2D eigenvalue weighted by Gasteiger charge is 2.14. The summed E-state index contributed by atoms with van der Waals surface area (Å²) in [5, 5.41) is 20.7. The third-order valence-electron chi connectivity index (χ3n) is 1.08. The van der Waals surface area contributed by atoms with Crippen molar-refractivity contribution in [2.24, 2.45) is 0 Å². The number of nitrogens with zero attached hydrogens (tertiary/aromatic N) is 4. The molecule has 0 saturated heterocycles. The van der Waals surface area contributed by atoms with E-state index in [-0.39, 0.29) is 0 Å². The first kappa shape index (κ1) is 12.0. The van der Waals surface area contributed by atoms with Crippen LogP contribution in [0.15, 0.2) is 0 Å². The van der Waals surface area contributed by atoms with Crippen LogP contribution in [0.2, 0.25) is 0 Å². The number of aromatic nitrogens is 4. The summed E-state index contributed by atoms with van der Waals surface area (Å²) in [7, 11) is 0. The maximum Gasteiger partial charge on any atom is 0.171 e. The van der Waals surface area contributed by atoms with Crippen molar-refractivity contribution >= 4 is 0 Å². The number of aliphatic hydroxyl groups is 1. The SMILES string of the molecule is CC.Cc1nnn(CC(C)(C)O)n1. The minimum atomic E-state index is -0.785. The molecule has 0 spiro atoms. The second kappa shape index (κ2) is 4.91. The van der Waals surface area contributed by atoms with Gasteiger partial charge in [0.2, 0.25) is 0 Å². The molecular formula is C8H18N4O. The van der Waals surface area contributed by atoms with Gasteiger partial charge in [-0.15, -0.1) is 10.2 Å². The van der Waals surface area contributed by atoms with E-state index in [0.29, 0.717) is 12.4 Å². The van der Waals surface area contributed by atoms with Gasteiger partial charge in [0, 0.05) is 0 Å². The third-order valence-corrected chi connectivity index (χ3v) is 1.08. The van der Waals surface area contributed by atoms with Crippen LogP contribution in [0.1, 0.15) is 33.5 Å². The van der Waals surface area contributed by atoms with Crippen LogP contribution in [0, 0.1) is 6.92 Å². The maximum atomic E-state index is 9.35. The van der Waals surface area contributed by atoms with Crippen molar-refractivity contribution in [2.45, 2.75) is 46.8 Å². The number of hydrogen-bond donors (Lipinski definition) is 1. The molecule has 0 fully saturated rings. The monoisotopic (exact) mass is 186 g/mol. The number of hydrogen-bond acceptors (Lipinski definition) is 4. The van der Waals surface area contributed by atoms with Gasteiger partial charge in [-0.3, -0.25) is 0 Å². The molecule has 76 valence electrons. The van der Waals surface area contributed by atoms with Crippen molar-refractivity contribution < 1.29 is 5.11 Å². The van der Waals surface area contributed by atoms with Gasteiger partial charge in [0.1, 0.15) is 0 Å². The molecule has 0 radical (unpaired) electrons. The summed E-state index contributed by atoms with van der Waals surface area (Å²) in [6, 6.07) is 0. The number of aryl methyl sites for hydroxylation is 1. The predicted octanol–water partition coefficient (Wildman–Crippen LogP) is 0.779. The Labute approximate surface area is 78.8 Å². The van der Waals surface area contributed by atoms with Gasteiger partial charge in [-0.25, -0.2) is 0 Å². The normalized spacial score (nSPS) is 10.6. The smallest absolute Gasteiger partial charge is 0.171 e. The van der Waals surface area contributed by atoms with E-state index in [1.165, 1.54) is 4.80 Å². The zero-order chi connectivity index (χ0) is 10.5. The van der Waals surface area contributed by atoms with Crippen molar-refractivity contribution in [1.29, 1.82) is 0 Å². The molecule has 0 aliphatic carbocycles. The molecule has 0 aliphatic rings. The van der Waals surface area contributed by atoms with Gasteiger partial charge >= 0.3 is 0 Å². The molecule has 0 amide bonds. The molecule has 1 rings (SSSR count). The zero-order valence-electron chi connectivity index (χ0n) is 8.94. The Bertz CT molecular complexity index is 239. The molecule has 0 atom stereocenters. The fourth-order valence-corrected chi connectivity index (χ4v) is 0.736. The predicted molar refractivity (Wildman–Crippen MR) is 50.2 cm³/mol. The fraction of sp³-hybridized carbons (Fsp3) is 0.875. The van der Waals surface area contributed by atoms with Crippen LogP contribution in [-0.2, 0) is 6.54 Å². The lowest BCUT2D eigenvalue weighted by Crippen LogP contribution is -2.27. The average Bonchev–Trinajstić information content (AvgIpc) is 2.36. The van der Waals surface area contributed by atoms with Gasteiger partial charge in [-0.05, 0) is 26.0 Å². The van der Waals surface area contributed by atoms with E-state index >= 15 is 0 Å². The molecule has 1 heterocycles. The van der Waals surface area contributed by atoms with E-state index in [0.717, 1.165) is 0 Å². The van der Waals surface area contributed by atoms with Crippen LogP contribution < -0.4 is 0 Å². The lowest BCUT2D eigenvalue weighted by molar-refractivity contribution is 0.0526. The Morgan fingerprint density at radius 1 is 1.38 bits per heavy atom.